The highest BCUT2D eigenvalue weighted by atomic mass is 16.5. The molecule has 7 heteroatoms. The van der Waals surface area contributed by atoms with Crippen LogP contribution < -0.4 is 15.8 Å². The third-order valence-electron chi connectivity index (χ3n) is 4.18. The minimum Gasteiger partial charge on any atom is -0.437 e. The number of nitrogens with one attached hydrogen (secondary N) is 1. The van der Waals surface area contributed by atoms with Gasteiger partial charge in [0.15, 0.2) is 0 Å². The van der Waals surface area contributed by atoms with Gasteiger partial charge in [-0.3, -0.25) is 4.79 Å². The maximum atomic E-state index is 12.7. The molecule has 3 rings (SSSR count). The third-order valence-corrected chi connectivity index (χ3v) is 4.18. The smallest absolute Gasteiger partial charge is 0.238 e. The van der Waals surface area contributed by atoms with E-state index in [0.717, 1.165) is 0 Å². The molecule has 1 aromatic heterocycles. The van der Waals surface area contributed by atoms with Crippen LogP contribution in [0.2, 0.25) is 0 Å². The summed E-state index contributed by atoms with van der Waals surface area (Å²) in [4.78, 5) is 12.7. The Balaban J connectivity index is 1.71. The standard InChI is InChI=1S/C17H20N4O3/c18-12-17(6-9-23-10-7-17)16(22)20-13-3-1-4-14(11-13)24-15-5-2-8-19-21-15/h1-5,8,11H,6-7,9-10,12,18H2,(H,20,22). The van der Waals surface area contributed by atoms with E-state index in [-0.39, 0.29) is 5.91 Å². The van der Waals surface area contributed by atoms with Crippen molar-refractivity contribution in [2.45, 2.75) is 12.8 Å². The molecule has 2 aromatic rings. The number of carbonyl (C=O) groups excluding carboxylic acids is 1. The van der Waals surface area contributed by atoms with E-state index in [0.29, 0.717) is 49.9 Å². The van der Waals surface area contributed by atoms with Crippen LogP contribution in [-0.2, 0) is 9.53 Å². The Morgan fingerprint density at radius 1 is 1.29 bits per heavy atom. The molecule has 0 unspecified atom stereocenters. The zero-order valence-corrected chi connectivity index (χ0v) is 13.3. The van der Waals surface area contributed by atoms with Crippen molar-refractivity contribution < 1.29 is 14.3 Å². The van der Waals surface area contributed by atoms with Crippen molar-refractivity contribution in [3.63, 3.8) is 0 Å². The number of amides is 1. The fourth-order valence-electron chi connectivity index (χ4n) is 2.65. The van der Waals surface area contributed by atoms with Crippen molar-refractivity contribution in [2.24, 2.45) is 11.1 Å². The van der Waals surface area contributed by atoms with E-state index in [4.69, 9.17) is 15.2 Å². The van der Waals surface area contributed by atoms with Gasteiger partial charge in [-0.05, 0) is 31.0 Å². The molecule has 0 radical (unpaired) electrons. The van der Waals surface area contributed by atoms with Gasteiger partial charge in [-0.1, -0.05) is 6.07 Å². The molecule has 1 aliphatic heterocycles. The molecule has 0 spiro atoms. The fraction of sp³-hybridized carbons (Fsp3) is 0.353. The molecule has 7 nitrogen and oxygen atoms in total. The van der Waals surface area contributed by atoms with E-state index < -0.39 is 5.41 Å². The Morgan fingerprint density at radius 3 is 2.83 bits per heavy atom. The molecule has 1 amide bonds. The van der Waals surface area contributed by atoms with Crippen LogP contribution in [0.15, 0.2) is 42.6 Å². The molecule has 1 fully saturated rings. The Hall–Kier alpha value is -2.51. The van der Waals surface area contributed by atoms with Crippen LogP contribution in [0.4, 0.5) is 5.69 Å². The largest absolute Gasteiger partial charge is 0.437 e. The second-order valence-corrected chi connectivity index (χ2v) is 5.74. The summed E-state index contributed by atoms with van der Waals surface area (Å²) in [6.45, 7) is 1.42. The number of anilines is 1. The minimum absolute atomic E-state index is 0.0787. The minimum atomic E-state index is -0.569. The SMILES string of the molecule is NCC1(C(=O)Nc2cccc(Oc3cccnn3)c2)CCOCC1. The van der Waals surface area contributed by atoms with Crippen molar-refractivity contribution in [3.05, 3.63) is 42.6 Å². The lowest BCUT2D eigenvalue weighted by atomic mass is 9.79. The van der Waals surface area contributed by atoms with Gasteiger partial charge >= 0.3 is 0 Å². The Bertz CT molecular complexity index is 687. The summed E-state index contributed by atoms with van der Waals surface area (Å²) < 4.78 is 11.0. The molecule has 126 valence electrons. The Labute approximate surface area is 140 Å². The summed E-state index contributed by atoms with van der Waals surface area (Å²) in [5, 5.41) is 10.6. The molecule has 1 aliphatic rings. The van der Waals surface area contributed by atoms with E-state index in [2.05, 4.69) is 15.5 Å². The summed E-state index contributed by atoms with van der Waals surface area (Å²) in [5.41, 5.74) is 5.95. The number of carbonyl (C=O) groups is 1. The first kappa shape index (κ1) is 16.4. The van der Waals surface area contributed by atoms with Crippen molar-refractivity contribution in [2.75, 3.05) is 25.1 Å². The maximum Gasteiger partial charge on any atom is 0.238 e. The van der Waals surface area contributed by atoms with Crippen molar-refractivity contribution in [1.82, 2.24) is 10.2 Å². The van der Waals surface area contributed by atoms with E-state index in [1.807, 2.05) is 6.07 Å². The molecule has 3 N–H and O–H groups in total. The molecule has 1 saturated heterocycles. The van der Waals surface area contributed by atoms with Crippen molar-refractivity contribution in [3.8, 4) is 11.6 Å². The second-order valence-electron chi connectivity index (χ2n) is 5.74. The first-order valence-corrected chi connectivity index (χ1v) is 7.87. The number of benzene rings is 1. The van der Waals surface area contributed by atoms with Crippen LogP contribution in [0, 0.1) is 5.41 Å². The van der Waals surface area contributed by atoms with E-state index in [9.17, 15) is 4.79 Å². The third kappa shape index (κ3) is 3.69. The van der Waals surface area contributed by atoms with Gasteiger partial charge in [0.05, 0.1) is 5.41 Å². The number of rotatable bonds is 5. The molecule has 0 atom stereocenters. The lowest BCUT2D eigenvalue weighted by Gasteiger charge is -2.34. The lowest BCUT2D eigenvalue weighted by Crippen LogP contribution is -2.46. The molecule has 2 heterocycles. The van der Waals surface area contributed by atoms with Crippen molar-refractivity contribution in [1.29, 1.82) is 0 Å². The molecule has 0 aliphatic carbocycles. The number of hydrogen-bond acceptors (Lipinski definition) is 6. The van der Waals surface area contributed by atoms with Gasteiger partial charge in [0.2, 0.25) is 11.8 Å². The first-order valence-electron chi connectivity index (χ1n) is 7.87. The number of nitrogens with zero attached hydrogens (tertiary/aromatic N) is 2. The summed E-state index contributed by atoms with van der Waals surface area (Å²) >= 11 is 0. The summed E-state index contributed by atoms with van der Waals surface area (Å²) in [5.74, 6) is 0.885. The monoisotopic (exact) mass is 328 g/mol. The average molecular weight is 328 g/mol. The van der Waals surface area contributed by atoms with Crippen LogP contribution in [0.5, 0.6) is 11.6 Å². The van der Waals surface area contributed by atoms with Crippen LogP contribution in [0.25, 0.3) is 0 Å². The predicted molar refractivity (Wildman–Crippen MR) is 88.7 cm³/mol. The van der Waals surface area contributed by atoms with E-state index in [1.165, 1.54) is 0 Å². The number of ether oxygens (including phenoxy) is 2. The first-order chi connectivity index (χ1) is 11.7. The van der Waals surface area contributed by atoms with Gasteiger partial charge in [0.1, 0.15) is 5.75 Å². The van der Waals surface area contributed by atoms with Gasteiger partial charge in [-0.25, -0.2) is 0 Å². The highest BCUT2D eigenvalue weighted by Crippen LogP contribution is 2.31. The van der Waals surface area contributed by atoms with Crippen LogP contribution in [0.3, 0.4) is 0 Å². The van der Waals surface area contributed by atoms with Crippen molar-refractivity contribution >= 4 is 11.6 Å². The van der Waals surface area contributed by atoms with Gasteiger partial charge in [-0.15, -0.1) is 5.10 Å². The second kappa shape index (κ2) is 7.37. The van der Waals surface area contributed by atoms with Gasteiger partial charge in [0.25, 0.3) is 0 Å². The molecule has 1 aromatic carbocycles. The number of nitrogens with two attached hydrogens (primary N) is 1. The zero-order valence-electron chi connectivity index (χ0n) is 13.3. The summed E-state index contributed by atoms with van der Waals surface area (Å²) in [6, 6.07) is 10.6. The number of aromatic nitrogens is 2. The normalized spacial score (nSPS) is 16.4. The zero-order chi connectivity index (χ0) is 16.8. The van der Waals surface area contributed by atoms with Gasteiger partial charge in [0, 0.05) is 43.8 Å². The van der Waals surface area contributed by atoms with Gasteiger partial charge < -0.3 is 20.5 Å². The highest BCUT2D eigenvalue weighted by molar-refractivity contribution is 5.95. The molecule has 0 bridgehead atoms. The summed E-state index contributed by atoms with van der Waals surface area (Å²) in [7, 11) is 0. The molecule has 0 saturated carbocycles. The maximum absolute atomic E-state index is 12.7. The van der Waals surface area contributed by atoms with Crippen LogP contribution >= 0.6 is 0 Å². The fourth-order valence-corrected chi connectivity index (χ4v) is 2.65. The quantitative estimate of drug-likeness (QED) is 0.870. The van der Waals surface area contributed by atoms with E-state index >= 15 is 0 Å². The van der Waals surface area contributed by atoms with E-state index in [1.54, 1.807) is 36.5 Å². The van der Waals surface area contributed by atoms with Gasteiger partial charge in [-0.2, -0.15) is 5.10 Å². The lowest BCUT2D eigenvalue weighted by molar-refractivity contribution is -0.130. The Kier molecular flexibility index (Phi) is 5.02. The van der Waals surface area contributed by atoms with Crippen LogP contribution in [-0.4, -0.2) is 35.9 Å². The summed E-state index contributed by atoms with van der Waals surface area (Å²) in [6.07, 6.45) is 2.83. The average Bonchev–Trinajstić information content (AvgIpc) is 2.63. The number of hydrogen-bond donors (Lipinski definition) is 2. The molecular formula is C17H20N4O3. The highest BCUT2D eigenvalue weighted by Gasteiger charge is 2.38. The molecule has 24 heavy (non-hydrogen) atoms. The molecular weight excluding hydrogens is 308 g/mol. The predicted octanol–water partition coefficient (Wildman–Crippen LogP) is 1.96. The van der Waals surface area contributed by atoms with Crippen LogP contribution in [0.1, 0.15) is 12.8 Å². The Morgan fingerprint density at radius 2 is 2.12 bits per heavy atom. The topological polar surface area (TPSA) is 99.4 Å².